The minimum atomic E-state index is -1.29. The molecule has 6 heteroatoms. The summed E-state index contributed by atoms with van der Waals surface area (Å²) in [7, 11) is 1.00. The van der Waals surface area contributed by atoms with Crippen LogP contribution in [0.3, 0.4) is 0 Å². The lowest BCUT2D eigenvalue weighted by atomic mass is 10.2. The van der Waals surface area contributed by atoms with Gasteiger partial charge in [-0.25, -0.2) is 0 Å². The molecule has 0 bridgehead atoms. The lowest BCUT2D eigenvalue weighted by Crippen LogP contribution is -2.32. The second-order valence-electron chi connectivity index (χ2n) is 1.54. The molecule has 0 radical (unpaired) electrons. The first kappa shape index (κ1) is 12.5. The molecule has 0 aliphatic heterocycles. The summed E-state index contributed by atoms with van der Waals surface area (Å²) in [5, 5.41) is 23.0. The Labute approximate surface area is 63.3 Å². The molecule has 66 valence electrons. The van der Waals surface area contributed by atoms with Gasteiger partial charge in [-0.1, -0.05) is 0 Å². The number of aliphatic hydroxyl groups excluding tert-OH is 1. The van der Waals surface area contributed by atoms with Crippen LogP contribution in [0.25, 0.3) is 0 Å². The van der Waals surface area contributed by atoms with E-state index in [1.165, 1.54) is 0 Å². The number of aliphatic carboxylic acids is 2. The summed E-state index contributed by atoms with van der Waals surface area (Å²) in [6.45, 7) is 0. The first-order chi connectivity index (χ1) is 5.04. The fourth-order valence-electron chi connectivity index (χ4n) is 0.275. The maximum Gasteiger partial charge on any atom is 0.321 e. The fourth-order valence-corrected chi connectivity index (χ4v) is 0.275. The van der Waals surface area contributed by atoms with Crippen LogP contribution in [0.1, 0.15) is 6.42 Å². The van der Waals surface area contributed by atoms with Crippen molar-refractivity contribution in [1.29, 1.82) is 0 Å². The number of carboxylic acid groups (broad SMARTS) is 2. The van der Waals surface area contributed by atoms with E-state index in [9.17, 15) is 9.59 Å². The van der Waals surface area contributed by atoms with Crippen LogP contribution < -0.4 is 5.73 Å². The number of rotatable bonds is 3. The molecule has 5 N–H and O–H groups in total. The molecule has 0 aromatic heterocycles. The van der Waals surface area contributed by atoms with Gasteiger partial charge in [0.2, 0.25) is 0 Å². The molecule has 0 aromatic carbocycles. The van der Waals surface area contributed by atoms with Crippen LogP contribution >= 0.6 is 0 Å². The van der Waals surface area contributed by atoms with Gasteiger partial charge in [-0.3, -0.25) is 9.59 Å². The smallest absolute Gasteiger partial charge is 0.321 e. The highest BCUT2D eigenvalue weighted by molar-refractivity contribution is 5.80. The minimum Gasteiger partial charge on any atom is -0.481 e. The van der Waals surface area contributed by atoms with Gasteiger partial charge in [0.05, 0.1) is 6.42 Å². The number of hydrogen-bond acceptors (Lipinski definition) is 4. The third kappa shape index (κ3) is 8.86. The highest BCUT2D eigenvalue weighted by atomic mass is 16.4. The molecule has 0 fully saturated rings. The van der Waals surface area contributed by atoms with E-state index in [2.05, 4.69) is 0 Å². The molecular weight excluding hydrogens is 154 g/mol. The van der Waals surface area contributed by atoms with Gasteiger partial charge in [0, 0.05) is 7.11 Å². The van der Waals surface area contributed by atoms with Crippen molar-refractivity contribution < 1.29 is 24.9 Å². The second-order valence-corrected chi connectivity index (χ2v) is 1.54. The third-order valence-electron chi connectivity index (χ3n) is 0.712. The van der Waals surface area contributed by atoms with Crippen molar-refractivity contribution in [3.63, 3.8) is 0 Å². The molecule has 0 saturated heterocycles. The summed E-state index contributed by atoms with van der Waals surface area (Å²) < 4.78 is 0. The fraction of sp³-hybridized carbons (Fsp3) is 0.600. The average Bonchev–Trinajstić information content (AvgIpc) is 1.90. The van der Waals surface area contributed by atoms with Gasteiger partial charge in [-0.15, -0.1) is 0 Å². The summed E-state index contributed by atoms with van der Waals surface area (Å²) in [6.07, 6.45) is -0.532. The number of carbonyl (C=O) groups is 2. The van der Waals surface area contributed by atoms with Crippen LogP contribution in [-0.2, 0) is 9.59 Å². The van der Waals surface area contributed by atoms with Crippen molar-refractivity contribution in [3.05, 3.63) is 0 Å². The zero-order chi connectivity index (χ0) is 9.44. The summed E-state index contributed by atoms with van der Waals surface area (Å²) in [5.74, 6) is -2.50. The quantitative estimate of drug-likeness (QED) is 0.403. The van der Waals surface area contributed by atoms with Gasteiger partial charge in [-0.2, -0.15) is 0 Å². The number of aliphatic hydroxyl groups is 1. The second kappa shape index (κ2) is 6.97. The van der Waals surface area contributed by atoms with Crippen LogP contribution in [-0.4, -0.2) is 40.4 Å². The molecule has 11 heavy (non-hydrogen) atoms. The van der Waals surface area contributed by atoms with E-state index in [4.69, 9.17) is 21.1 Å². The Morgan fingerprint density at radius 1 is 1.36 bits per heavy atom. The van der Waals surface area contributed by atoms with E-state index >= 15 is 0 Å². The summed E-state index contributed by atoms with van der Waals surface area (Å²) in [5.41, 5.74) is 4.84. The molecule has 0 saturated carbocycles. The van der Waals surface area contributed by atoms with E-state index in [-0.39, 0.29) is 0 Å². The van der Waals surface area contributed by atoms with Crippen molar-refractivity contribution in [2.75, 3.05) is 7.11 Å². The zero-order valence-electron chi connectivity index (χ0n) is 6.02. The minimum absolute atomic E-state index is 0.532. The van der Waals surface area contributed by atoms with Gasteiger partial charge in [0.25, 0.3) is 0 Å². The molecule has 1 unspecified atom stereocenters. The van der Waals surface area contributed by atoms with Gasteiger partial charge in [0.1, 0.15) is 6.04 Å². The van der Waals surface area contributed by atoms with Crippen LogP contribution in [0.4, 0.5) is 0 Å². The Balaban J connectivity index is 0. The van der Waals surface area contributed by atoms with Crippen LogP contribution in [0.5, 0.6) is 0 Å². The lowest BCUT2D eigenvalue weighted by Gasteiger charge is -1.99. The van der Waals surface area contributed by atoms with Crippen molar-refractivity contribution in [1.82, 2.24) is 0 Å². The standard InChI is InChI=1S/C4H7NO4.CH4O/c5-2(4(8)9)1-3(6)7;1-2/h2H,1,5H2,(H,6,7)(H,8,9);2H,1H3. The maximum absolute atomic E-state index is 9.85. The number of nitrogens with two attached hydrogens (primary N) is 1. The highest BCUT2D eigenvalue weighted by Gasteiger charge is 2.14. The van der Waals surface area contributed by atoms with Gasteiger partial charge >= 0.3 is 11.9 Å². The number of carboxylic acids is 2. The molecule has 6 nitrogen and oxygen atoms in total. The maximum atomic E-state index is 9.85. The normalized spacial score (nSPS) is 10.8. The van der Waals surface area contributed by atoms with Gasteiger partial charge in [0.15, 0.2) is 0 Å². The Kier molecular flexibility index (Phi) is 7.94. The monoisotopic (exact) mass is 165 g/mol. The molecule has 0 heterocycles. The topological polar surface area (TPSA) is 121 Å². The van der Waals surface area contributed by atoms with Crippen molar-refractivity contribution in [2.45, 2.75) is 12.5 Å². The molecule has 0 aromatic rings. The van der Waals surface area contributed by atoms with Crippen LogP contribution in [0, 0.1) is 0 Å². The Hall–Kier alpha value is -1.14. The first-order valence-corrected chi connectivity index (χ1v) is 2.69. The molecule has 0 aliphatic carbocycles. The molecular formula is C5H11NO5. The van der Waals surface area contributed by atoms with Crippen LogP contribution in [0.15, 0.2) is 0 Å². The molecule has 0 spiro atoms. The van der Waals surface area contributed by atoms with Crippen LogP contribution in [0.2, 0.25) is 0 Å². The Morgan fingerprint density at radius 3 is 1.82 bits per heavy atom. The molecule has 0 rings (SSSR count). The van der Waals surface area contributed by atoms with E-state index < -0.39 is 24.4 Å². The van der Waals surface area contributed by atoms with E-state index in [1.807, 2.05) is 0 Å². The van der Waals surface area contributed by atoms with Crippen molar-refractivity contribution in [2.24, 2.45) is 5.73 Å². The predicted octanol–water partition coefficient (Wildman–Crippen LogP) is -1.52. The number of hydrogen-bond donors (Lipinski definition) is 4. The largest absolute Gasteiger partial charge is 0.481 e. The van der Waals surface area contributed by atoms with Crippen molar-refractivity contribution in [3.8, 4) is 0 Å². The van der Waals surface area contributed by atoms with Crippen molar-refractivity contribution >= 4 is 11.9 Å². The third-order valence-corrected chi connectivity index (χ3v) is 0.712. The molecule has 0 aliphatic rings. The van der Waals surface area contributed by atoms with E-state index in [0.717, 1.165) is 7.11 Å². The lowest BCUT2D eigenvalue weighted by molar-refractivity contribution is -0.144. The van der Waals surface area contributed by atoms with Gasteiger partial charge in [-0.05, 0) is 0 Å². The Bertz CT molecular complexity index is 135. The van der Waals surface area contributed by atoms with Gasteiger partial charge < -0.3 is 21.1 Å². The first-order valence-electron chi connectivity index (χ1n) is 2.69. The molecule has 0 amide bonds. The Morgan fingerprint density at radius 2 is 1.73 bits per heavy atom. The summed E-state index contributed by atoms with van der Waals surface area (Å²) >= 11 is 0. The average molecular weight is 165 g/mol. The predicted molar refractivity (Wildman–Crippen MR) is 36.0 cm³/mol. The highest BCUT2D eigenvalue weighted by Crippen LogP contribution is 1.86. The summed E-state index contributed by atoms with van der Waals surface area (Å²) in [6, 6.07) is -1.29. The summed E-state index contributed by atoms with van der Waals surface area (Å²) in [4.78, 5) is 19.6. The van der Waals surface area contributed by atoms with E-state index in [1.54, 1.807) is 0 Å². The van der Waals surface area contributed by atoms with E-state index in [0.29, 0.717) is 0 Å². The SMILES string of the molecule is CO.NC(CC(=O)O)C(=O)O. The molecule has 1 atom stereocenters. The zero-order valence-corrected chi connectivity index (χ0v) is 6.02.